The molecule has 0 bridgehead atoms. The first-order chi connectivity index (χ1) is 10.7. The summed E-state index contributed by atoms with van der Waals surface area (Å²) in [5.41, 5.74) is 1.17. The SMILES string of the molecule is CCc1nsc(NCc2ccc(N3CCC(C)CC3)nc2)n1. The van der Waals surface area contributed by atoms with E-state index in [4.69, 9.17) is 0 Å². The van der Waals surface area contributed by atoms with Gasteiger partial charge in [0, 0.05) is 43.8 Å². The van der Waals surface area contributed by atoms with Gasteiger partial charge in [-0.15, -0.1) is 0 Å². The maximum absolute atomic E-state index is 4.61. The second kappa shape index (κ2) is 7.05. The summed E-state index contributed by atoms with van der Waals surface area (Å²) in [5.74, 6) is 2.85. The van der Waals surface area contributed by atoms with Crippen LogP contribution in [0.15, 0.2) is 18.3 Å². The fraction of sp³-hybridized carbons (Fsp3) is 0.562. The van der Waals surface area contributed by atoms with Gasteiger partial charge in [-0.05, 0) is 30.4 Å². The minimum atomic E-state index is 0.739. The van der Waals surface area contributed by atoms with Crippen molar-refractivity contribution in [3.05, 3.63) is 29.7 Å². The zero-order valence-corrected chi connectivity index (χ0v) is 14.1. The lowest BCUT2D eigenvalue weighted by Crippen LogP contribution is -2.33. The fourth-order valence-corrected chi connectivity index (χ4v) is 3.24. The van der Waals surface area contributed by atoms with Crippen LogP contribution in [0.4, 0.5) is 10.9 Å². The van der Waals surface area contributed by atoms with E-state index in [0.29, 0.717) is 0 Å². The average molecular weight is 317 g/mol. The molecule has 1 saturated heterocycles. The average Bonchev–Trinajstić information content (AvgIpc) is 3.02. The molecule has 0 spiro atoms. The zero-order valence-electron chi connectivity index (χ0n) is 13.2. The molecule has 0 saturated carbocycles. The Morgan fingerprint density at radius 1 is 1.32 bits per heavy atom. The minimum Gasteiger partial charge on any atom is -0.357 e. The number of hydrogen-bond donors (Lipinski definition) is 1. The van der Waals surface area contributed by atoms with Gasteiger partial charge in [-0.1, -0.05) is 19.9 Å². The molecule has 118 valence electrons. The molecule has 3 heterocycles. The number of nitrogens with zero attached hydrogens (tertiary/aromatic N) is 4. The number of hydrogen-bond acceptors (Lipinski definition) is 6. The van der Waals surface area contributed by atoms with E-state index in [2.05, 4.69) is 50.5 Å². The Hall–Kier alpha value is -1.69. The summed E-state index contributed by atoms with van der Waals surface area (Å²) in [4.78, 5) is 11.4. The lowest BCUT2D eigenvalue weighted by molar-refractivity contribution is 0.436. The Labute approximate surface area is 136 Å². The third-order valence-corrected chi connectivity index (χ3v) is 4.86. The predicted molar refractivity (Wildman–Crippen MR) is 91.5 cm³/mol. The summed E-state index contributed by atoms with van der Waals surface area (Å²) in [6.07, 6.45) is 5.37. The summed E-state index contributed by atoms with van der Waals surface area (Å²) < 4.78 is 4.27. The molecule has 1 aliphatic heterocycles. The van der Waals surface area contributed by atoms with Crippen molar-refractivity contribution < 1.29 is 0 Å². The molecule has 1 N–H and O–H groups in total. The fourth-order valence-electron chi connectivity index (χ4n) is 2.59. The summed E-state index contributed by atoms with van der Waals surface area (Å²) in [7, 11) is 0. The summed E-state index contributed by atoms with van der Waals surface area (Å²) >= 11 is 1.42. The monoisotopic (exact) mass is 317 g/mol. The zero-order chi connectivity index (χ0) is 15.4. The number of anilines is 2. The molecule has 1 aliphatic rings. The van der Waals surface area contributed by atoms with Crippen LogP contribution in [0.3, 0.4) is 0 Å². The first kappa shape index (κ1) is 15.2. The highest BCUT2D eigenvalue weighted by atomic mass is 32.1. The highest BCUT2D eigenvalue weighted by molar-refractivity contribution is 7.09. The van der Waals surface area contributed by atoms with Gasteiger partial charge in [0.1, 0.15) is 11.6 Å². The molecule has 0 aromatic carbocycles. The molecule has 0 atom stereocenters. The maximum atomic E-state index is 4.61. The van der Waals surface area contributed by atoms with Crippen LogP contribution in [0.2, 0.25) is 0 Å². The minimum absolute atomic E-state index is 0.739. The highest BCUT2D eigenvalue weighted by Gasteiger charge is 2.16. The van der Waals surface area contributed by atoms with E-state index in [1.807, 2.05) is 6.20 Å². The van der Waals surface area contributed by atoms with Crippen molar-refractivity contribution in [2.75, 3.05) is 23.3 Å². The molecule has 1 fully saturated rings. The predicted octanol–water partition coefficient (Wildman–Crippen LogP) is 3.34. The third-order valence-electron chi connectivity index (χ3n) is 4.14. The number of rotatable bonds is 5. The van der Waals surface area contributed by atoms with Crippen molar-refractivity contribution in [3.63, 3.8) is 0 Å². The van der Waals surface area contributed by atoms with Crippen LogP contribution >= 0.6 is 11.5 Å². The molecule has 0 aliphatic carbocycles. The Morgan fingerprint density at radius 2 is 2.14 bits per heavy atom. The topological polar surface area (TPSA) is 53.9 Å². The van der Waals surface area contributed by atoms with Gasteiger partial charge in [0.25, 0.3) is 0 Å². The molecule has 2 aromatic rings. The van der Waals surface area contributed by atoms with Gasteiger partial charge in [0.05, 0.1) is 0 Å². The van der Waals surface area contributed by atoms with Gasteiger partial charge in [-0.2, -0.15) is 4.37 Å². The first-order valence-corrected chi connectivity index (χ1v) is 8.78. The van der Waals surface area contributed by atoms with Gasteiger partial charge in [-0.25, -0.2) is 9.97 Å². The van der Waals surface area contributed by atoms with Crippen molar-refractivity contribution in [2.24, 2.45) is 5.92 Å². The number of aromatic nitrogens is 3. The number of pyridine rings is 1. The Kier molecular flexibility index (Phi) is 4.87. The summed E-state index contributed by atoms with van der Waals surface area (Å²) in [6.45, 7) is 7.38. The van der Waals surface area contributed by atoms with Gasteiger partial charge >= 0.3 is 0 Å². The standard InChI is InChI=1S/C16H23N5S/c1-3-14-19-16(22-20-14)18-11-13-4-5-15(17-10-13)21-8-6-12(2)7-9-21/h4-5,10,12H,3,6-9,11H2,1-2H3,(H,18,19,20). The van der Waals surface area contributed by atoms with Crippen molar-refractivity contribution in [2.45, 2.75) is 39.7 Å². The van der Waals surface area contributed by atoms with Crippen molar-refractivity contribution in [1.29, 1.82) is 0 Å². The lowest BCUT2D eigenvalue weighted by Gasteiger charge is -2.31. The number of nitrogens with one attached hydrogen (secondary N) is 1. The van der Waals surface area contributed by atoms with Crippen molar-refractivity contribution in [3.8, 4) is 0 Å². The molecule has 0 unspecified atom stereocenters. The van der Waals surface area contributed by atoms with E-state index in [0.717, 1.165) is 48.7 Å². The summed E-state index contributed by atoms with van der Waals surface area (Å²) in [5, 5.41) is 4.19. The van der Waals surface area contributed by atoms with Crippen LogP contribution < -0.4 is 10.2 Å². The van der Waals surface area contributed by atoms with E-state index in [1.54, 1.807) is 0 Å². The third kappa shape index (κ3) is 3.74. The number of piperidine rings is 1. The van der Waals surface area contributed by atoms with Crippen LogP contribution in [0.1, 0.15) is 38.1 Å². The van der Waals surface area contributed by atoms with E-state index in [9.17, 15) is 0 Å². The maximum Gasteiger partial charge on any atom is 0.202 e. The van der Waals surface area contributed by atoms with Crippen LogP contribution in [-0.2, 0) is 13.0 Å². The number of aryl methyl sites for hydroxylation is 1. The van der Waals surface area contributed by atoms with E-state index in [-0.39, 0.29) is 0 Å². The van der Waals surface area contributed by atoms with Crippen LogP contribution in [-0.4, -0.2) is 27.4 Å². The van der Waals surface area contributed by atoms with Gasteiger partial charge in [0.2, 0.25) is 5.13 Å². The second-order valence-corrected chi connectivity index (χ2v) is 6.67. The smallest absolute Gasteiger partial charge is 0.202 e. The van der Waals surface area contributed by atoms with Gasteiger partial charge < -0.3 is 10.2 Å². The molecular weight excluding hydrogens is 294 g/mol. The molecule has 3 rings (SSSR count). The normalized spacial score (nSPS) is 16.0. The molecule has 0 radical (unpaired) electrons. The molecule has 0 amide bonds. The highest BCUT2D eigenvalue weighted by Crippen LogP contribution is 2.21. The van der Waals surface area contributed by atoms with Crippen molar-refractivity contribution >= 4 is 22.5 Å². The van der Waals surface area contributed by atoms with E-state index < -0.39 is 0 Å². The van der Waals surface area contributed by atoms with Crippen molar-refractivity contribution in [1.82, 2.24) is 14.3 Å². The first-order valence-electron chi connectivity index (χ1n) is 8.01. The molecule has 5 nitrogen and oxygen atoms in total. The largest absolute Gasteiger partial charge is 0.357 e. The van der Waals surface area contributed by atoms with Gasteiger partial charge in [0.15, 0.2) is 0 Å². The molecular formula is C16H23N5S. The molecule has 6 heteroatoms. The Balaban J connectivity index is 1.55. The molecule has 22 heavy (non-hydrogen) atoms. The quantitative estimate of drug-likeness (QED) is 0.916. The Morgan fingerprint density at radius 3 is 2.77 bits per heavy atom. The van der Waals surface area contributed by atoms with Gasteiger partial charge in [-0.3, -0.25) is 0 Å². The van der Waals surface area contributed by atoms with Crippen LogP contribution in [0.5, 0.6) is 0 Å². The second-order valence-electron chi connectivity index (χ2n) is 5.92. The lowest BCUT2D eigenvalue weighted by atomic mass is 9.99. The summed E-state index contributed by atoms with van der Waals surface area (Å²) in [6, 6.07) is 4.28. The van der Waals surface area contributed by atoms with E-state index in [1.165, 1.54) is 29.9 Å². The Bertz CT molecular complexity index is 587. The van der Waals surface area contributed by atoms with Crippen LogP contribution in [0.25, 0.3) is 0 Å². The van der Waals surface area contributed by atoms with Crippen LogP contribution in [0, 0.1) is 5.92 Å². The van der Waals surface area contributed by atoms with E-state index >= 15 is 0 Å². The molecule has 2 aromatic heterocycles.